The molecule has 23 heavy (non-hydrogen) atoms. The highest BCUT2D eigenvalue weighted by Gasteiger charge is 2.19. The molecule has 1 aliphatic heterocycles. The number of anilines is 1. The summed E-state index contributed by atoms with van der Waals surface area (Å²) in [7, 11) is 0. The van der Waals surface area contributed by atoms with Crippen LogP contribution in [0.25, 0.3) is 17.0 Å². The zero-order valence-electron chi connectivity index (χ0n) is 12.2. The number of thiophene rings is 2. The minimum Gasteiger partial charge on any atom is -0.350 e. The third-order valence-electron chi connectivity index (χ3n) is 4.16. The Hall–Kier alpha value is -2.25. The highest BCUT2D eigenvalue weighted by atomic mass is 32.1. The summed E-state index contributed by atoms with van der Waals surface area (Å²) < 4.78 is 1.85. The van der Waals surface area contributed by atoms with Gasteiger partial charge >= 0.3 is 0 Å². The molecule has 0 amide bonds. The number of nitrogens with zero attached hydrogens (tertiary/aromatic N) is 5. The molecule has 0 radical (unpaired) electrons. The number of aromatic nitrogens is 4. The summed E-state index contributed by atoms with van der Waals surface area (Å²) in [4.78, 5) is 3.83. The van der Waals surface area contributed by atoms with Crippen LogP contribution in [0, 0.1) is 0 Å². The summed E-state index contributed by atoms with van der Waals surface area (Å²) in [5, 5.41) is 19.6. The van der Waals surface area contributed by atoms with E-state index in [4.69, 9.17) is 5.10 Å². The molecule has 0 saturated carbocycles. The van der Waals surface area contributed by atoms with Crippen LogP contribution in [0.2, 0.25) is 0 Å². The molecule has 0 N–H and O–H groups in total. The van der Waals surface area contributed by atoms with Gasteiger partial charge in [0.25, 0.3) is 0 Å². The Morgan fingerprint density at radius 3 is 2.96 bits per heavy atom. The molecular formula is C16H13N5S2. The fourth-order valence-electron chi connectivity index (χ4n) is 2.96. The second-order valence-electron chi connectivity index (χ2n) is 5.54. The van der Waals surface area contributed by atoms with Crippen molar-refractivity contribution in [1.82, 2.24) is 19.8 Å². The zero-order chi connectivity index (χ0) is 15.2. The number of fused-ring (bicyclic) bond motifs is 2. The molecule has 0 bridgehead atoms. The molecule has 0 aliphatic carbocycles. The van der Waals surface area contributed by atoms with E-state index in [9.17, 15) is 0 Å². The van der Waals surface area contributed by atoms with Crippen LogP contribution in [-0.4, -0.2) is 26.4 Å². The van der Waals surface area contributed by atoms with Gasteiger partial charge in [0.1, 0.15) is 5.82 Å². The molecule has 0 unspecified atom stereocenters. The van der Waals surface area contributed by atoms with Gasteiger partial charge < -0.3 is 4.90 Å². The summed E-state index contributed by atoms with van der Waals surface area (Å²) in [5.41, 5.74) is 3.26. The normalized spacial score (nSPS) is 14.3. The molecular weight excluding hydrogens is 326 g/mol. The number of hydrogen-bond acceptors (Lipinski definition) is 6. The van der Waals surface area contributed by atoms with E-state index in [0.29, 0.717) is 0 Å². The second-order valence-corrected chi connectivity index (χ2v) is 7.32. The largest absolute Gasteiger partial charge is 0.350 e. The van der Waals surface area contributed by atoms with Gasteiger partial charge in [-0.1, -0.05) is 0 Å². The van der Waals surface area contributed by atoms with E-state index in [1.807, 2.05) is 39.4 Å². The third-order valence-corrected chi connectivity index (χ3v) is 5.87. The van der Waals surface area contributed by atoms with Crippen LogP contribution in [0.4, 0.5) is 5.82 Å². The van der Waals surface area contributed by atoms with E-state index in [1.54, 1.807) is 11.3 Å². The highest BCUT2D eigenvalue weighted by molar-refractivity contribution is 7.10. The maximum atomic E-state index is 4.80. The molecule has 0 fully saturated rings. The van der Waals surface area contributed by atoms with Crippen LogP contribution < -0.4 is 4.90 Å². The molecule has 1 aliphatic rings. The minimum atomic E-state index is 0.781. The van der Waals surface area contributed by atoms with Crippen LogP contribution in [0.3, 0.4) is 0 Å². The molecule has 5 nitrogen and oxygen atoms in total. The first-order chi connectivity index (χ1) is 11.4. The van der Waals surface area contributed by atoms with Crippen molar-refractivity contribution in [2.24, 2.45) is 0 Å². The Labute approximate surface area is 140 Å². The standard InChI is InChI=1S/C16H13N5S2/c1-2-15(20-6-3-13-11(9-20)5-8-23-13)19-21-14(1)17-18-16(21)12-4-7-22-10-12/h1-2,4-5,7-8,10H,3,6,9H2. The second kappa shape index (κ2) is 5.14. The van der Waals surface area contributed by atoms with E-state index in [-0.39, 0.29) is 0 Å². The Morgan fingerprint density at radius 2 is 2.04 bits per heavy atom. The lowest BCUT2D eigenvalue weighted by Gasteiger charge is -2.27. The molecule has 114 valence electrons. The van der Waals surface area contributed by atoms with Gasteiger partial charge in [0.2, 0.25) is 0 Å². The Bertz CT molecular complexity index is 970. The van der Waals surface area contributed by atoms with Crippen molar-refractivity contribution in [1.29, 1.82) is 0 Å². The van der Waals surface area contributed by atoms with Crippen LogP contribution >= 0.6 is 22.7 Å². The topological polar surface area (TPSA) is 46.3 Å². The van der Waals surface area contributed by atoms with Crippen molar-refractivity contribution in [3.63, 3.8) is 0 Å². The molecule has 4 aromatic heterocycles. The predicted octanol–water partition coefficient (Wildman–Crippen LogP) is 3.48. The van der Waals surface area contributed by atoms with Crippen LogP contribution in [0.5, 0.6) is 0 Å². The van der Waals surface area contributed by atoms with Crippen molar-refractivity contribution in [3.05, 3.63) is 50.8 Å². The maximum absolute atomic E-state index is 4.80. The molecule has 0 aromatic carbocycles. The fraction of sp³-hybridized carbons (Fsp3) is 0.188. The zero-order valence-corrected chi connectivity index (χ0v) is 13.8. The maximum Gasteiger partial charge on any atom is 0.186 e. The van der Waals surface area contributed by atoms with Crippen molar-refractivity contribution in [2.45, 2.75) is 13.0 Å². The summed E-state index contributed by atoms with van der Waals surface area (Å²) in [5.74, 6) is 1.78. The van der Waals surface area contributed by atoms with E-state index < -0.39 is 0 Å². The molecule has 7 heteroatoms. The quantitative estimate of drug-likeness (QED) is 0.561. The molecule has 0 atom stereocenters. The number of rotatable bonds is 2. The lowest BCUT2D eigenvalue weighted by Crippen LogP contribution is -2.30. The Balaban J connectivity index is 1.57. The first kappa shape index (κ1) is 13.2. The van der Waals surface area contributed by atoms with Crippen LogP contribution in [-0.2, 0) is 13.0 Å². The fourth-order valence-corrected chi connectivity index (χ4v) is 4.49. The van der Waals surface area contributed by atoms with Crippen LogP contribution in [0.15, 0.2) is 40.4 Å². The average molecular weight is 339 g/mol. The van der Waals surface area contributed by atoms with Gasteiger partial charge in [0.05, 0.1) is 0 Å². The first-order valence-corrected chi connectivity index (χ1v) is 9.26. The minimum absolute atomic E-state index is 0.781. The van der Waals surface area contributed by atoms with E-state index in [0.717, 1.165) is 42.4 Å². The van der Waals surface area contributed by atoms with Crippen molar-refractivity contribution >= 4 is 34.1 Å². The van der Waals surface area contributed by atoms with Gasteiger partial charge in [0, 0.05) is 28.9 Å². The molecule has 0 saturated heterocycles. The lowest BCUT2D eigenvalue weighted by atomic mass is 10.1. The van der Waals surface area contributed by atoms with Gasteiger partial charge in [-0.25, -0.2) is 0 Å². The third kappa shape index (κ3) is 2.15. The predicted molar refractivity (Wildman–Crippen MR) is 93.2 cm³/mol. The van der Waals surface area contributed by atoms with E-state index >= 15 is 0 Å². The van der Waals surface area contributed by atoms with Gasteiger partial charge in [-0.15, -0.1) is 26.6 Å². The SMILES string of the molecule is c1cc(-c2nnc3ccc(N4CCc5sccc5C4)nn23)cs1. The van der Waals surface area contributed by atoms with Crippen molar-refractivity contribution < 1.29 is 0 Å². The van der Waals surface area contributed by atoms with E-state index in [1.165, 1.54) is 10.4 Å². The highest BCUT2D eigenvalue weighted by Crippen LogP contribution is 2.27. The molecule has 4 aromatic rings. The summed E-state index contributed by atoms with van der Waals surface area (Å²) in [6.07, 6.45) is 1.09. The van der Waals surface area contributed by atoms with Gasteiger partial charge in [-0.3, -0.25) is 0 Å². The van der Waals surface area contributed by atoms with Gasteiger partial charge in [-0.05, 0) is 47.0 Å². The first-order valence-electron chi connectivity index (χ1n) is 7.44. The molecule has 5 heterocycles. The van der Waals surface area contributed by atoms with E-state index in [2.05, 4.69) is 31.9 Å². The summed E-state index contributed by atoms with van der Waals surface area (Å²) in [6.45, 7) is 1.93. The van der Waals surface area contributed by atoms with Crippen LogP contribution in [0.1, 0.15) is 10.4 Å². The monoisotopic (exact) mass is 339 g/mol. The molecule has 0 spiro atoms. The van der Waals surface area contributed by atoms with Crippen molar-refractivity contribution in [2.75, 3.05) is 11.4 Å². The summed E-state index contributed by atoms with van der Waals surface area (Å²) >= 11 is 3.51. The Kier molecular flexibility index (Phi) is 2.95. The number of hydrogen-bond donors (Lipinski definition) is 0. The lowest BCUT2D eigenvalue weighted by molar-refractivity contribution is 0.718. The van der Waals surface area contributed by atoms with Gasteiger partial charge in [0.15, 0.2) is 11.5 Å². The molecule has 5 rings (SSSR count). The summed E-state index contributed by atoms with van der Waals surface area (Å²) in [6, 6.07) is 8.31. The van der Waals surface area contributed by atoms with Gasteiger partial charge in [-0.2, -0.15) is 15.9 Å². The smallest absolute Gasteiger partial charge is 0.186 e. The van der Waals surface area contributed by atoms with Crippen molar-refractivity contribution in [3.8, 4) is 11.4 Å². The Morgan fingerprint density at radius 1 is 1.04 bits per heavy atom. The average Bonchev–Trinajstić information content (AvgIpc) is 3.32.